The molecule has 1 heterocycles. The minimum atomic E-state index is -0.703. The van der Waals surface area contributed by atoms with Gasteiger partial charge in [-0.3, -0.25) is 25.2 Å². The summed E-state index contributed by atoms with van der Waals surface area (Å²) in [6, 6.07) is 19.3. The van der Waals surface area contributed by atoms with E-state index in [1.165, 1.54) is 7.11 Å². The van der Waals surface area contributed by atoms with E-state index in [0.717, 1.165) is 40.6 Å². The van der Waals surface area contributed by atoms with Crippen LogP contribution in [0.5, 0.6) is 0 Å². The maximum atomic E-state index is 14.0. The zero-order valence-corrected chi connectivity index (χ0v) is 28.7. The number of ether oxygens (including phenoxy) is 2. The van der Waals surface area contributed by atoms with E-state index in [4.69, 9.17) is 4.74 Å². The van der Waals surface area contributed by atoms with E-state index >= 15 is 0 Å². The predicted octanol–water partition coefficient (Wildman–Crippen LogP) is 4.59. The van der Waals surface area contributed by atoms with Gasteiger partial charge in [-0.05, 0) is 74.6 Å². The number of carbonyl (C=O) groups is 5. The first-order valence-electron chi connectivity index (χ1n) is 16.3. The van der Waals surface area contributed by atoms with Crippen LogP contribution in [0, 0.1) is 0 Å². The number of amides is 4. The van der Waals surface area contributed by atoms with Crippen molar-refractivity contribution in [2.45, 2.75) is 58.6 Å². The van der Waals surface area contributed by atoms with Crippen LogP contribution >= 0.6 is 0 Å². The normalized spacial score (nSPS) is 14.1. The number of fused-ring (bicyclic) bond motifs is 1. The Kier molecular flexibility index (Phi) is 12.4. The molecule has 1 saturated heterocycles. The predicted molar refractivity (Wildman–Crippen MR) is 187 cm³/mol. The molecule has 0 aliphatic carbocycles. The number of hydrogen-bond acceptors (Lipinski definition) is 8. The number of nitrogens with one attached hydrogen (secondary N) is 3. The van der Waals surface area contributed by atoms with E-state index in [2.05, 4.69) is 25.8 Å². The highest BCUT2D eigenvalue weighted by Gasteiger charge is 2.25. The molecule has 1 aliphatic rings. The third-order valence-corrected chi connectivity index (χ3v) is 8.01. The number of carbonyl (C=O) groups excluding carboxylic acids is 5. The average molecular weight is 672 g/mol. The van der Waals surface area contributed by atoms with Gasteiger partial charge in [0.15, 0.2) is 0 Å². The second-order valence-electron chi connectivity index (χ2n) is 12.8. The third-order valence-electron chi connectivity index (χ3n) is 8.01. The van der Waals surface area contributed by atoms with E-state index in [0.29, 0.717) is 37.3 Å². The Hall–Kier alpha value is -5.39. The molecule has 0 bridgehead atoms. The minimum absolute atomic E-state index is 0.0198. The number of esters is 1. The van der Waals surface area contributed by atoms with E-state index in [1.54, 1.807) is 4.90 Å². The fourth-order valence-electron chi connectivity index (χ4n) is 5.55. The lowest BCUT2D eigenvalue weighted by molar-refractivity contribution is -0.135. The fraction of sp³-hybridized carbons (Fsp3) is 0.378. The van der Waals surface area contributed by atoms with Gasteiger partial charge < -0.3 is 24.6 Å². The van der Waals surface area contributed by atoms with Crippen molar-refractivity contribution >= 4 is 46.2 Å². The largest absolute Gasteiger partial charge is 0.466 e. The van der Waals surface area contributed by atoms with Gasteiger partial charge in [-0.25, -0.2) is 9.59 Å². The lowest BCUT2D eigenvalue weighted by atomic mass is 9.98. The van der Waals surface area contributed by atoms with Crippen molar-refractivity contribution in [3.8, 4) is 0 Å². The molecule has 0 radical (unpaired) electrons. The molecular formula is C37H45N5O7. The van der Waals surface area contributed by atoms with Crippen LogP contribution in [-0.2, 0) is 30.3 Å². The monoisotopic (exact) mass is 671 g/mol. The minimum Gasteiger partial charge on any atom is -0.466 e. The Bertz CT molecular complexity index is 1710. The zero-order chi connectivity index (χ0) is 35.6. The van der Waals surface area contributed by atoms with Gasteiger partial charge in [-0.1, -0.05) is 48.5 Å². The lowest BCUT2D eigenvalue weighted by Crippen LogP contribution is -2.41. The maximum absolute atomic E-state index is 14.0. The smallest absolute Gasteiger partial charge is 0.410 e. The lowest BCUT2D eigenvalue weighted by Gasteiger charge is -2.27. The fourth-order valence-corrected chi connectivity index (χ4v) is 5.55. The number of rotatable bonds is 9. The summed E-state index contributed by atoms with van der Waals surface area (Å²) < 4.78 is 10.0. The van der Waals surface area contributed by atoms with Crippen LogP contribution in [0.3, 0.4) is 0 Å². The number of methoxy groups -OCH3 is 1. The summed E-state index contributed by atoms with van der Waals surface area (Å²) in [5.74, 6) is -2.17. The molecule has 0 spiro atoms. The first-order valence-corrected chi connectivity index (χ1v) is 16.3. The van der Waals surface area contributed by atoms with Crippen molar-refractivity contribution in [1.29, 1.82) is 0 Å². The molecule has 4 amide bonds. The molecule has 12 nitrogen and oxygen atoms in total. The van der Waals surface area contributed by atoms with Gasteiger partial charge in [0.05, 0.1) is 13.2 Å². The van der Waals surface area contributed by atoms with Gasteiger partial charge in [-0.2, -0.15) is 0 Å². The summed E-state index contributed by atoms with van der Waals surface area (Å²) >= 11 is 0. The molecule has 4 rings (SSSR count). The number of nitrogens with zero attached hydrogens (tertiary/aromatic N) is 2. The molecule has 1 aliphatic heterocycles. The summed E-state index contributed by atoms with van der Waals surface area (Å²) in [7, 11) is 1.19. The van der Waals surface area contributed by atoms with Crippen molar-refractivity contribution in [3.05, 3.63) is 89.5 Å². The van der Waals surface area contributed by atoms with Crippen LogP contribution in [0.4, 0.5) is 10.5 Å². The van der Waals surface area contributed by atoms with Crippen LogP contribution in [0.15, 0.2) is 72.8 Å². The summed E-state index contributed by atoms with van der Waals surface area (Å²) in [5, 5.41) is 5.28. The molecule has 1 unspecified atom stereocenters. The summed E-state index contributed by atoms with van der Waals surface area (Å²) in [6.45, 7) is 9.73. The van der Waals surface area contributed by atoms with E-state index in [9.17, 15) is 24.0 Å². The number of benzene rings is 3. The second kappa shape index (κ2) is 16.6. The highest BCUT2D eigenvalue weighted by Crippen LogP contribution is 2.27. The van der Waals surface area contributed by atoms with Crippen molar-refractivity contribution < 1.29 is 33.4 Å². The third kappa shape index (κ3) is 10.6. The molecule has 260 valence electrons. The molecule has 1 fully saturated rings. The Morgan fingerprint density at radius 2 is 1.65 bits per heavy atom. The number of hydrogen-bond donors (Lipinski definition) is 3. The Labute approximate surface area is 286 Å². The van der Waals surface area contributed by atoms with E-state index in [1.807, 2.05) is 88.4 Å². The molecule has 0 saturated carbocycles. The average Bonchev–Trinajstić information content (AvgIpc) is 3.34. The summed E-state index contributed by atoms with van der Waals surface area (Å²) in [5.41, 5.74) is 6.84. The summed E-state index contributed by atoms with van der Waals surface area (Å²) in [4.78, 5) is 66.3. The number of hydrazine groups is 1. The molecular weight excluding hydrogens is 626 g/mol. The van der Waals surface area contributed by atoms with E-state index in [-0.39, 0.29) is 30.9 Å². The van der Waals surface area contributed by atoms with Gasteiger partial charge in [0.1, 0.15) is 5.60 Å². The van der Waals surface area contributed by atoms with Crippen molar-refractivity contribution in [3.63, 3.8) is 0 Å². The standard InChI is InChI=1S/C37H45N5O7/c1-25(29-13-8-11-26-10-6-7-12-30(26)29)38-35(46)31-24-28(41-20-9-21-42(23-22-41)36(47)49-37(2,3)4)16-14-27(31)15-17-32(43)39-40-33(44)18-19-34(45)48-5/h6-8,10-14,16,18-19,24-25H,9,15,17,20-23H2,1-5H3,(H,38,46)(H,39,43)(H,40,44)/b19-18+. The Balaban J connectivity index is 1.52. The quantitative estimate of drug-likeness (QED) is 0.170. The molecule has 12 heteroatoms. The van der Waals surface area contributed by atoms with Crippen LogP contribution in [-0.4, -0.2) is 73.6 Å². The van der Waals surface area contributed by atoms with Crippen LogP contribution < -0.4 is 21.1 Å². The highest BCUT2D eigenvalue weighted by molar-refractivity contribution is 5.98. The van der Waals surface area contributed by atoms with Gasteiger partial charge >= 0.3 is 12.1 Å². The molecule has 3 aromatic carbocycles. The van der Waals surface area contributed by atoms with Gasteiger partial charge in [0.2, 0.25) is 5.91 Å². The zero-order valence-electron chi connectivity index (χ0n) is 28.7. The molecule has 0 aromatic heterocycles. The first kappa shape index (κ1) is 36.4. The topological polar surface area (TPSA) is 146 Å². The van der Waals surface area contributed by atoms with Crippen molar-refractivity contribution in [2.24, 2.45) is 0 Å². The van der Waals surface area contributed by atoms with Gasteiger partial charge in [0.25, 0.3) is 11.8 Å². The first-order chi connectivity index (χ1) is 23.3. The van der Waals surface area contributed by atoms with Crippen molar-refractivity contribution in [1.82, 2.24) is 21.1 Å². The summed E-state index contributed by atoms with van der Waals surface area (Å²) in [6.07, 6.45) is 2.46. The van der Waals surface area contributed by atoms with Crippen LogP contribution in [0.2, 0.25) is 0 Å². The maximum Gasteiger partial charge on any atom is 0.410 e. The van der Waals surface area contributed by atoms with Gasteiger partial charge in [-0.15, -0.1) is 0 Å². The number of anilines is 1. The Morgan fingerprint density at radius 3 is 2.41 bits per heavy atom. The highest BCUT2D eigenvalue weighted by atomic mass is 16.6. The molecule has 49 heavy (non-hydrogen) atoms. The van der Waals surface area contributed by atoms with Crippen molar-refractivity contribution in [2.75, 3.05) is 38.2 Å². The number of aryl methyl sites for hydroxylation is 1. The molecule has 1 atom stereocenters. The van der Waals surface area contributed by atoms with Gasteiger partial charge in [0, 0.05) is 56.0 Å². The van der Waals surface area contributed by atoms with Crippen LogP contribution in [0.25, 0.3) is 10.8 Å². The van der Waals surface area contributed by atoms with Crippen LogP contribution in [0.1, 0.15) is 68.1 Å². The molecule has 3 N–H and O–H groups in total. The van der Waals surface area contributed by atoms with E-state index < -0.39 is 23.4 Å². The molecule has 3 aromatic rings. The SMILES string of the molecule is COC(=O)/C=C/C(=O)NNC(=O)CCc1ccc(N2CCCN(C(=O)OC(C)(C)C)CC2)cc1C(=O)NC(C)c1cccc2ccccc12. The second-order valence-corrected chi connectivity index (χ2v) is 12.8. The Morgan fingerprint density at radius 1 is 0.898 bits per heavy atom.